The van der Waals surface area contributed by atoms with Gasteiger partial charge in [0.2, 0.25) is 0 Å². The lowest BCUT2D eigenvalue weighted by molar-refractivity contribution is -0.0101. The molecule has 2 heterocycles. The smallest absolute Gasteiger partial charge is 0.143 e. The molecule has 0 radical (unpaired) electrons. The number of rotatable bonds is 9. The molecule has 0 saturated heterocycles. The number of aromatic amines is 1. The third-order valence-electron chi connectivity index (χ3n) is 7.40. The third-order valence-corrected chi connectivity index (χ3v) is 12.9. The Kier molecular flexibility index (Phi) is 6.25. The van der Waals surface area contributed by atoms with Gasteiger partial charge in [-0.2, -0.15) is 0 Å². The highest BCUT2D eigenvalue weighted by Crippen LogP contribution is 2.36. The van der Waals surface area contributed by atoms with Crippen molar-refractivity contribution in [3.63, 3.8) is 0 Å². The van der Waals surface area contributed by atoms with Crippen LogP contribution >= 0.6 is 0 Å². The van der Waals surface area contributed by atoms with Crippen LogP contribution in [0.15, 0.2) is 36.7 Å². The van der Waals surface area contributed by atoms with Crippen molar-refractivity contribution >= 4 is 30.2 Å². The number of ether oxygens (including phenoxy) is 1. The molecule has 1 fully saturated rings. The number of hydrogen-bond acceptors (Lipinski definition) is 4. The van der Waals surface area contributed by atoms with Gasteiger partial charge in [0.25, 0.3) is 0 Å². The third kappa shape index (κ3) is 3.56. The van der Waals surface area contributed by atoms with Crippen molar-refractivity contribution in [2.75, 3.05) is 19.0 Å². The quantitative estimate of drug-likeness (QED) is 0.467. The Bertz CT molecular complexity index is 973. The predicted octanol–water partition coefficient (Wildman–Crippen LogP) is 5.18. The van der Waals surface area contributed by atoms with Gasteiger partial charge < -0.3 is 15.0 Å². The molecule has 0 unspecified atom stereocenters. The Morgan fingerprint density at radius 2 is 1.80 bits per heavy atom. The van der Waals surface area contributed by atoms with E-state index in [0.29, 0.717) is 12.0 Å². The molecule has 0 spiro atoms. The van der Waals surface area contributed by atoms with E-state index in [4.69, 9.17) is 4.74 Å². The van der Waals surface area contributed by atoms with Crippen molar-refractivity contribution in [2.45, 2.75) is 57.8 Å². The Balaban J connectivity index is 1.85. The fourth-order valence-electron chi connectivity index (χ4n) is 5.04. The number of aromatic nitrogens is 3. The number of nitrogens with zero attached hydrogens (tertiary/aromatic N) is 2. The van der Waals surface area contributed by atoms with Crippen molar-refractivity contribution in [2.24, 2.45) is 5.92 Å². The van der Waals surface area contributed by atoms with Crippen LogP contribution in [-0.2, 0) is 4.74 Å². The van der Waals surface area contributed by atoms with Crippen molar-refractivity contribution in [3.8, 4) is 11.1 Å². The molecule has 2 atom stereocenters. The lowest BCUT2D eigenvalue weighted by Crippen LogP contribution is -2.47. The molecule has 0 bridgehead atoms. The molecule has 2 aromatic heterocycles. The van der Waals surface area contributed by atoms with Crippen molar-refractivity contribution in [1.82, 2.24) is 15.0 Å². The van der Waals surface area contributed by atoms with E-state index in [1.165, 1.54) is 41.0 Å². The minimum atomic E-state index is -1.66. The van der Waals surface area contributed by atoms with E-state index in [0.717, 1.165) is 29.8 Å². The topological polar surface area (TPSA) is 62.8 Å². The molecule has 2 N–H and O–H groups in total. The molecule has 1 saturated carbocycles. The summed E-state index contributed by atoms with van der Waals surface area (Å²) in [7, 11) is 0.160. The minimum absolute atomic E-state index is 0.366. The van der Waals surface area contributed by atoms with Crippen LogP contribution in [0.3, 0.4) is 0 Å². The summed E-state index contributed by atoms with van der Waals surface area (Å²) in [4.78, 5) is 13.1. The van der Waals surface area contributed by atoms with Gasteiger partial charge in [0.1, 0.15) is 25.9 Å². The fraction of sp³-hybridized carbons (Fsp3) is 0.500. The molecule has 1 aliphatic carbocycles. The van der Waals surface area contributed by atoms with Crippen molar-refractivity contribution < 1.29 is 4.74 Å². The maximum absolute atomic E-state index is 5.59. The number of H-pyrrole nitrogens is 1. The Hall–Kier alpha value is -2.18. The summed E-state index contributed by atoms with van der Waals surface area (Å²) in [6.45, 7) is 7.95. The fourth-order valence-corrected chi connectivity index (χ4v) is 8.78. The van der Waals surface area contributed by atoms with Crippen LogP contribution in [0.25, 0.3) is 22.2 Å². The monoisotopic (exact) mass is 422 g/mol. The lowest BCUT2D eigenvalue weighted by Gasteiger charge is -2.35. The predicted molar refractivity (Wildman–Crippen MR) is 128 cm³/mol. The number of anilines is 1. The highest BCUT2D eigenvalue weighted by Gasteiger charge is 2.36. The molecule has 6 heteroatoms. The number of fused-ring (bicyclic) bond motifs is 1. The van der Waals surface area contributed by atoms with E-state index in [1.807, 2.05) is 7.11 Å². The van der Waals surface area contributed by atoms with Gasteiger partial charge in [-0.25, -0.2) is 9.97 Å². The van der Waals surface area contributed by atoms with E-state index >= 15 is 0 Å². The van der Waals surface area contributed by atoms with Crippen LogP contribution in [-0.4, -0.2) is 42.8 Å². The second-order valence-electron chi connectivity index (χ2n) is 8.52. The first-order valence-corrected chi connectivity index (χ1v) is 14.0. The molecule has 0 aliphatic heterocycles. The van der Waals surface area contributed by atoms with Gasteiger partial charge in [-0.05, 0) is 18.4 Å². The normalized spacial score (nSPS) is 19.1. The zero-order valence-corrected chi connectivity index (χ0v) is 19.7. The van der Waals surface area contributed by atoms with Crippen LogP contribution in [0.2, 0.25) is 18.1 Å². The molecule has 3 aromatic rings. The Labute approximate surface area is 180 Å². The SMILES string of the molecule is CC[Si](CC)(CC)c1[nH]c2ncnc(NC[C@@H]3CC[C@H]3OC)c2c1-c1ccccc1. The maximum atomic E-state index is 5.59. The number of nitrogens with one attached hydrogen (secondary N) is 2. The average molecular weight is 423 g/mol. The largest absolute Gasteiger partial charge is 0.381 e. The van der Waals surface area contributed by atoms with Gasteiger partial charge in [0, 0.05) is 30.5 Å². The molecule has 0 amide bonds. The van der Waals surface area contributed by atoms with Crippen LogP contribution in [0.5, 0.6) is 0 Å². The summed E-state index contributed by atoms with van der Waals surface area (Å²) in [5.74, 6) is 1.49. The molecular weight excluding hydrogens is 388 g/mol. The summed E-state index contributed by atoms with van der Waals surface area (Å²) < 4.78 is 5.59. The van der Waals surface area contributed by atoms with E-state index < -0.39 is 8.07 Å². The Morgan fingerprint density at radius 3 is 2.40 bits per heavy atom. The minimum Gasteiger partial charge on any atom is -0.381 e. The summed E-state index contributed by atoms with van der Waals surface area (Å²) in [5, 5.41) is 6.21. The zero-order valence-electron chi connectivity index (χ0n) is 18.7. The number of methoxy groups -OCH3 is 1. The van der Waals surface area contributed by atoms with Crippen molar-refractivity contribution in [3.05, 3.63) is 36.7 Å². The first kappa shape index (κ1) is 21.1. The molecule has 5 nitrogen and oxygen atoms in total. The van der Waals surface area contributed by atoms with Gasteiger partial charge in [0.15, 0.2) is 0 Å². The molecule has 160 valence electrons. The van der Waals surface area contributed by atoms with E-state index in [2.05, 4.69) is 71.4 Å². The van der Waals surface area contributed by atoms with Gasteiger partial charge in [-0.1, -0.05) is 69.2 Å². The first-order chi connectivity index (χ1) is 14.7. The molecule has 1 aliphatic rings. The second-order valence-corrected chi connectivity index (χ2v) is 13.7. The summed E-state index contributed by atoms with van der Waals surface area (Å²) in [5.41, 5.74) is 3.51. The number of hydrogen-bond donors (Lipinski definition) is 2. The van der Waals surface area contributed by atoms with Crippen LogP contribution in [0.1, 0.15) is 33.6 Å². The van der Waals surface area contributed by atoms with E-state index in [-0.39, 0.29) is 0 Å². The molecular formula is C24H34N4OSi. The average Bonchev–Trinajstić information content (AvgIpc) is 3.17. The van der Waals surface area contributed by atoms with Crippen LogP contribution in [0.4, 0.5) is 5.82 Å². The van der Waals surface area contributed by atoms with Gasteiger partial charge in [-0.3, -0.25) is 0 Å². The highest BCUT2D eigenvalue weighted by molar-refractivity contribution is 6.92. The van der Waals surface area contributed by atoms with Gasteiger partial charge in [0.05, 0.1) is 11.5 Å². The van der Waals surface area contributed by atoms with E-state index in [9.17, 15) is 0 Å². The zero-order chi connectivity index (χ0) is 21.1. The first-order valence-electron chi connectivity index (χ1n) is 11.4. The van der Waals surface area contributed by atoms with Crippen molar-refractivity contribution in [1.29, 1.82) is 0 Å². The standard InChI is InChI=1S/C24H34N4OSi/c1-5-30(6-2,7-3)24-20(17-11-9-8-10-12-17)21-22(26-16-27-23(21)28-24)25-15-18-13-14-19(18)29-4/h8-12,16,18-19H,5-7,13-15H2,1-4H3,(H2,25,26,27,28)/t18-,19+/m0/s1. The lowest BCUT2D eigenvalue weighted by atomic mass is 9.82. The van der Waals surface area contributed by atoms with Crippen LogP contribution in [0, 0.1) is 5.92 Å². The summed E-state index contributed by atoms with van der Waals surface area (Å²) in [6, 6.07) is 14.4. The highest BCUT2D eigenvalue weighted by atomic mass is 28.3. The molecule has 4 rings (SSSR count). The molecule has 30 heavy (non-hydrogen) atoms. The Morgan fingerprint density at radius 1 is 1.07 bits per heavy atom. The number of benzene rings is 1. The second kappa shape index (κ2) is 8.90. The maximum Gasteiger partial charge on any atom is 0.143 e. The summed E-state index contributed by atoms with van der Waals surface area (Å²) >= 11 is 0. The van der Waals surface area contributed by atoms with Gasteiger partial charge >= 0.3 is 0 Å². The van der Waals surface area contributed by atoms with Gasteiger partial charge in [-0.15, -0.1) is 0 Å². The van der Waals surface area contributed by atoms with E-state index in [1.54, 1.807) is 6.33 Å². The molecule has 1 aromatic carbocycles. The van der Waals surface area contributed by atoms with Crippen LogP contribution < -0.4 is 10.6 Å². The summed E-state index contributed by atoms with van der Waals surface area (Å²) in [6.07, 6.45) is 4.41.